The van der Waals surface area contributed by atoms with Crippen molar-refractivity contribution in [1.82, 2.24) is 10.6 Å². The average molecular weight is 243 g/mol. The number of benzene rings is 1. The molecule has 0 unspecified atom stereocenters. The van der Waals surface area contributed by atoms with Crippen molar-refractivity contribution in [3.8, 4) is 0 Å². The van der Waals surface area contributed by atoms with Crippen LogP contribution in [-0.4, -0.2) is 25.4 Å². The summed E-state index contributed by atoms with van der Waals surface area (Å²) in [5.41, 5.74) is 4.17. The van der Waals surface area contributed by atoms with Gasteiger partial charge in [-0.25, -0.2) is 8.78 Å². The molecule has 2 amide bonds. The van der Waals surface area contributed by atoms with E-state index in [9.17, 15) is 18.4 Å². The number of halogens is 2. The first-order valence-corrected chi connectivity index (χ1v) is 4.69. The highest BCUT2D eigenvalue weighted by atomic mass is 19.1. The third kappa shape index (κ3) is 3.13. The van der Waals surface area contributed by atoms with Crippen LogP contribution in [0.25, 0.3) is 0 Å². The van der Waals surface area contributed by atoms with E-state index in [0.717, 1.165) is 12.1 Å². The van der Waals surface area contributed by atoms with E-state index in [1.807, 2.05) is 0 Å². The first kappa shape index (κ1) is 12.9. The van der Waals surface area contributed by atoms with E-state index in [-0.39, 0.29) is 12.1 Å². The Morgan fingerprint density at radius 1 is 1.29 bits per heavy atom. The van der Waals surface area contributed by atoms with Crippen molar-refractivity contribution in [2.75, 3.05) is 19.3 Å². The standard InChI is InChI=1S/C10H11F2N3O2/c1-14-8(16)4-15-10(17)5-2-6(11)9(13)7(12)3-5/h2-3H,4,13H2,1H3,(H,14,16)(H,15,17). The monoisotopic (exact) mass is 243 g/mol. The molecule has 0 spiro atoms. The number of nitrogens with two attached hydrogens (primary N) is 1. The molecule has 0 radical (unpaired) electrons. The number of carbonyl (C=O) groups is 2. The van der Waals surface area contributed by atoms with Gasteiger partial charge in [0.1, 0.15) is 17.3 Å². The predicted octanol–water partition coefficient (Wildman–Crippen LogP) is 0.0228. The maximum Gasteiger partial charge on any atom is 0.251 e. The van der Waals surface area contributed by atoms with E-state index in [1.54, 1.807) is 0 Å². The van der Waals surface area contributed by atoms with Crippen LogP contribution in [0.3, 0.4) is 0 Å². The van der Waals surface area contributed by atoms with Crippen molar-refractivity contribution >= 4 is 17.5 Å². The van der Waals surface area contributed by atoms with Crippen LogP contribution in [0, 0.1) is 11.6 Å². The largest absolute Gasteiger partial charge is 0.394 e. The van der Waals surface area contributed by atoms with Crippen LogP contribution in [0.4, 0.5) is 14.5 Å². The summed E-state index contributed by atoms with van der Waals surface area (Å²) in [6, 6.07) is 1.61. The third-order valence-corrected chi connectivity index (χ3v) is 2.03. The van der Waals surface area contributed by atoms with E-state index in [4.69, 9.17) is 5.73 Å². The summed E-state index contributed by atoms with van der Waals surface area (Å²) in [5, 5.41) is 4.48. The van der Waals surface area contributed by atoms with Crippen molar-refractivity contribution in [2.45, 2.75) is 0 Å². The molecule has 4 N–H and O–H groups in total. The SMILES string of the molecule is CNC(=O)CNC(=O)c1cc(F)c(N)c(F)c1. The summed E-state index contributed by atoms with van der Waals surface area (Å²) in [6.07, 6.45) is 0. The van der Waals surface area contributed by atoms with E-state index in [0.29, 0.717) is 0 Å². The van der Waals surface area contributed by atoms with Gasteiger partial charge in [0.25, 0.3) is 5.91 Å². The molecule has 1 rings (SSSR count). The van der Waals surface area contributed by atoms with Gasteiger partial charge in [0, 0.05) is 12.6 Å². The van der Waals surface area contributed by atoms with Gasteiger partial charge in [0.15, 0.2) is 0 Å². The lowest BCUT2D eigenvalue weighted by Crippen LogP contribution is -2.35. The fraction of sp³-hybridized carbons (Fsp3) is 0.200. The van der Waals surface area contributed by atoms with Gasteiger partial charge in [-0.15, -0.1) is 0 Å². The van der Waals surface area contributed by atoms with Gasteiger partial charge < -0.3 is 16.4 Å². The molecule has 0 aliphatic carbocycles. The fourth-order valence-electron chi connectivity index (χ4n) is 1.07. The number of amides is 2. The Kier molecular flexibility index (Phi) is 3.97. The number of anilines is 1. The normalized spacial score (nSPS) is 9.82. The van der Waals surface area contributed by atoms with Crippen LogP contribution < -0.4 is 16.4 Å². The second-order valence-corrected chi connectivity index (χ2v) is 3.21. The zero-order valence-electron chi connectivity index (χ0n) is 9.01. The van der Waals surface area contributed by atoms with Crippen molar-refractivity contribution in [2.24, 2.45) is 0 Å². The van der Waals surface area contributed by atoms with Crippen molar-refractivity contribution in [3.05, 3.63) is 29.3 Å². The van der Waals surface area contributed by atoms with E-state index < -0.39 is 29.1 Å². The van der Waals surface area contributed by atoms with Crippen molar-refractivity contribution in [3.63, 3.8) is 0 Å². The van der Waals surface area contributed by atoms with Gasteiger partial charge >= 0.3 is 0 Å². The molecule has 0 heterocycles. The summed E-state index contributed by atoms with van der Waals surface area (Å²) in [5.74, 6) is -3.22. The van der Waals surface area contributed by atoms with Crippen LogP contribution in [0.15, 0.2) is 12.1 Å². The van der Waals surface area contributed by atoms with Crippen LogP contribution >= 0.6 is 0 Å². The van der Waals surface area contributed by atoms with E-state index >= 15 is 0 Å². The Morgan fingerprint density at radius 3 is 2.29 bits per heavy atom. The highest BCUT2D eigenvalue weighted by molar-refractivity contribution is 5.96. The minimum Gasteiger partial charge on any atom is -0.394 e. The molecular formula is C10H11F2N3O2. The van der Waals surface area contributed by atoms with E-state index in [1.165, 1.54) is 7.05 Å². The van der Waals surface area contributed by atoms with Crippen LogP contribution in [0.5, 0.6) is 0 Å². The summed E-state index contributed by atoms with van der Waals surface area (Å²) in [6.45, 7) is -0.275. The van der Waals surface area contributed by atoms with Crippen molar-refractivity contribution in [1.29, 1.82) is 0 Å². The smallest absolute Gasteiger partial charge is 0.251 e. The minimum absolute atomic E-state index is 0.238. The Hall–Kier alpha value is -2.18. The van der Waals surface area contributed by atoms with Gasteiger partial charge in [-0.3, -0.25) is 9.59 Å². The maximum atomic E-state index is 13.0. The number of carbonyl (C=O) groups excluding carboxylic acids is 2. The zero-order chi connectivity index (χ0) is 13.0. The molecule has 1 aromatic carbocycles. The van der Waals surface area contributed by atoms with Crippen LogP contribution in [0.1, 0.15) is 10.4 Å². The molecule has 0 saturated heterocycles. The maximum absolute atomic E-state index is 13.0. The molecule has 0 aliphatic rings. The number of likely N-dealkylation sites (N-methyl/N-ethyl adjacent to an activating group) is 1. The van der Waals surface area contributed by atoms with Crippen LogP contribution in [-0.2, 0) is 4.79 Å². The lowest BCUT2D eigenvalue weighted by molar-refractivity contribution is -0.119. The molecule has 92 valence electrons. The number of nitrogen functional groups attached to an aromatic ring is 1. The second-order valence-electron chi connectivity index (χ2n) is 3.21. The lowest BCUT2D eigenvalue weighted by Gasteiger charge is -2.06. The zero-order valence-corrected chi connectivity index (χ0v) is 9.01. The first-order chi connectivity index (χ1) is 7.95. The molecule has 0 aromatic heterocycles. The number of rotatable bonds is 3. The molecule has 5 nitrogen and oxygen atoms in total. The molecule has 0 bridgehead atoms. The van der Waals surface area contributed by atoms with Gasteiger partial charge in [0.05, 0.1) is 6.54 Å². The molecular weight excluding hydrogens is 232 g/mol. The molecule has 1 aromatic rings. The third-order valence-electron chi connectivity index (χ3n) is 2.03. The van der Waals surface area contributed by atoms with Gasteiger partial charge in [-0.2, -0.15) is 0 Å². The molecule has 0 aliphatic heterocycles. The second kappa shape index (κ2) is 5.24. The summed E-state index contributed by atoms with van der Waals surface area (Å²) < 4.78 is 26.1. The van der Waals surface area contributed by atoms with Gasteiger partial charge in [0.2, 0.25) is 5.91 Å². The molecule has 0 saturated carbocycles. The number of hydrogen-bond donors (Lipinski definition) is 3. The summed E-state index contributed by atoms with van der Waals surface area (Å²) >= 11 is 0. The molecule has 17 heavy (non-hydrogen) atoms. The quantitative estimate of drug-likeness (QED) is 0.654. The molecule has 7 heteroatoms. The van der Waals surface area contributed by atoms with Crippen molar-refractivity contribution < 1.29 is 18.4 Å². The Bertz CT molecular complexity index is 440. The van der Waals surface area contributed by atoms with Crippen LogP contribution in [0.2, 0.25) is 0 Å². The molecule has 0 fully saturated rings. The summed E-state index contributed by atoms with van der Waals surface area (Å²) in [4.78, 5) is 22.3. The van der Waals surface area contributed by atoms with E-state index in [2.05, 4.69) is 10.6 Å². The van der Waals surface area contributed by atoms with Gasteiger partial charge in [-0.05, 0) is 12.1 Å². The topological polar surface area (TPSA) is 84.2 Å². The molecule has 0 atom stereocenters. The average Bonchev–Trinajstić information content (AvgIpc) is 2.31. The summed E-state index contributed by atoms with van der Waals surface area (Å²) in [7, 11) is 1.40. The highest BCUT2D eigenvalue weighted by Crippen LogP contribution is 2.16. The minimum atomic E-state index is -1.02. The first-order valence-electron chi connectivity index (χ1n) is 4.69. The van der Waals surface area contributed by atoms with Gasteiger partial charge in [-0.1, -0.05) is 0 Å². The number of hydrogen-bond acceptors (Lipinski definition) is 3. The Labute approximate surface area is 96.0 Å². The Balaban J connectivity index is 2.80. The Morgan fingerprint density at radius 2 is 1.82 bits per heavy atom. The number of nitrogens with one attached hydrogen (secondary N) is 2. The highest BCUT2D eigenvalue weighted by Gasteiger charge is 2.13. The predicted molar refractivity (Wildman–Crippen MR) is 57.2 cm³/mol. The lowest BCUT2D eigenvalue weighted by atomic mass is 10.1. The fourth-order valence-corrected chi connectivity index (χ4v) is 1.07.